The molecular formula is C36H38Cl2FN3O5S. The average Bonchev–Trinajstić information content (AvgIpc) is 3.03. The highest BCUT2D eigenvalue weighted by Gasteiger charge is 2.36. The van der Waals surface area contributed by atoms with E-state index in [1.165, 1.54) is 41.3 Å². The van der Waals surface area contributed by atoms with E-state index in [0.717, 1.165) is 22.0 Å². The SMILES string of the molecule is CCOc1ccc(S(=O)(=O)N(CC(=O)N(Cc2c(Cl)cccc2Cl)[C@@H](Cc2ccccc2)C(=O)NC(C)(C)C)c2ccc(F)cc2)cc1. The van der Waals surface area contributed by atoms with Gasteiger partial charge in [-0.3, -0.25) is 13.9 Å². The molecule has 4 aromatic rings. The van der Waals surface area contributed by atoms with Crippen LogP contribution >= 0.6 is 23.2 Å². The fourth-order valence-corrected chi connectivity index (χ4v) is 6.93. The van der Waals surface area contributed by atoms with E-state index in [2.05, 4.69) is 5.32 Å². The third-order valence-electron chi connectivity index (χ3n) is 7.28. The number of sulfonamides is 1. The third-order valence-corrected chi connectivity index (χ3v) is 9.77. The predicted octanol–water partition coefficient (Wildman–Crippen LogP) is 7.28. The Morgan fingerprint density at radius 2 is 1.48 bits per heavy atom. The van der Waals surface area contributed by atoms with Gasteiger partial charge >= 0.3 is 0 Å². The Hall–Kier alpha value is -4.12. The van der Waals surface area contributed by atoms with E-state index in [1.807, 2.05) is 51.1 Å². The third kappa shape index (κ3) is 9.49. The van der Waals surface area contributed by atoms with E-state index in [1.54, 1.807) is 25.1 Å². The molecule has 0 unspecified atom stereocenters. The highest BCUT2D eigenvalue weighted by atomic mass is 35.5. The number of benzene rings is 4. The summed E-state index contributed by atoms with van der Waals surface area (Å²) in [5.41, 5.74) is 0.554. The lowest BCUT2D eigenvalue weighted by atomic mass is 10.0. The quantitative estimate of drug-likeness (QED) is 0.157. The molecule has 0 saturated carbocycles. The molecule has 4 rings (SSSR count). The smallest absolute Gasteiger partial charge is 0.264 e. The van der Waals surface area contributed by atoms with Crippen molar-refractivity contribution in [3.05, 3.63) is 124 Å². The lowest BCUT2D eigenvalue weighted by Crippen LogP contribution is -2.56. The molecule has 1 atom stereocenters. The Morgan fingerprint density at radius 1 is 0.875 bits per heavy atom. The van der Waals surface area contributed by atoms with E-state index >= 15 is 0 Å². The highest BCUT2D eigenvalue weighted by Crippen LogP contribution is 2.30. The van der Waals surface area contributed by atoms with Crippen LogP contribution in [0, 0.1) is 5.82 Å². The first-order valence-electron chi connectivity index (χ1n) is 15.3. The highest BCUT2D eigenvalue weighted by molar-refractivity contribution is 7.92. The Labute approximate surface area is 291 Å². The Bertz CT molecular complexity index is 1800. The molecule has 0 spiro atoms. The van der Waals surface area contributed by atoms with Crippen LogP contribution in [0.25, 0.3) is 0 Å². The lowest BCUT2D eigenvalue weighted by molar-refractivity contribution is -0.140. The molecule has 2 amide bonds. The second-order valence-corrected chi connectivity index (χ2v) is 14.7. The Morgan fingerprint density at radius 3 is 2.04 bits per heavy atom. The molecule has 0 aliphatic rings. The fourth-order valence-electron chi connectivity index (χ4n) is 5.00. The summed E-state index contributed by atoms with van der Waals surface area (Å²) in [4.78, 5) is 29.8. The molecule has 8 nitrogen and oxygen atoms in total. The van der Waals surface area contributed by atoms with Crippen LogP contribution in [0.5, 0.6) is 5.75 Å². The largest absolute Gasteiger partial charge is 0.494 e. The normalized spacial score (nSPS) is 12.2. The van der Waals surface area contributed by atoms with E-state index in [4.69, 9.17) is 27.9 Å². The van der Waals surface area contributed by atoms with Crippen LogP contribution in [-0.2, 0) is 32.6 Å². The molecular weight excluding hydrogens is 676 g/mol. The molecule has 1 N–H and O–H groups in total. The topological polar surface area (TPSA) is 96.0 Å². The molecule has 0 radical (unpaired) electrons. The number of amides is 2. The summed E-state index contributed by atoms with van der Waals surface area (Å²) in [7, 11) is -4.39. The zero-order valence-corrected chi connectivity index (χ0v) is 29.4. The van der Waals surface area contributed by atoms with Gasteiger partial charge < -0.3 is 15.0 Å². The van der Waals surface area contributed by atoms with Crippen LogP contribution in [0.15, 0.2) is 102 Å². The summed E-state index contributed by atoms with van der Waals surface area (Å²) in [6.07, 6.45) is 0.110. The maximum atomic E-state index is 14.6. The first kappa shape index (κ1) is 36.7. The molecule has 0 aliphatic carbocycles. The maximum Gasteiger partial charge on any atom is 0.264 e. The molecule has 0 saturated heterocycles. The molecule has 12 heteroatoms. The molecule has 254 valence electrons. The molecule has 48 heavy (non-hydrogen) atoms. The standard InChI is InChI=1S/C36H38Cl2FN3O5S/c1-5-47-28-18-20-29(21-19-28)48(45,46)42(27-16-14-26(39)15-17-27)24-34(43)41(23-30-31(37)12-9-13-32(30)38)33(35(44)40-36(2,3)4)22-25-10-7-6-8-11-25/h6-21,33H,5,22-24H2,1-4H3,(H,40,44)/t33-/m0/s1. The van der Waals surface area contributed by atoms with Crippen LogP contribution in [0.4, 0.5) is 10.1 Å². The molecule has 0 bridgehead atoms. The minimum atomic E-state index is -4.39. The number of nitrogens with one attached hydrogen (secondary N) is 1. The van der Waals surface area contributed by atoms with Crippen LogP contribution in [0.2, 0.25) is 10.0 Å². The summed E-state index contributed by atoms with van der Waals surface area (Å²) >= 11 is 13.1. The number of hydrogen-bond acceptors (Lipinski definition) is 5. The van der Waals surface area contributed by atoms with Crippen LogP contribution in [-0.4, -0.2) is 49.9 Å². The number of carbonyl (C=O) groups is 2. The van der Waals surface area contributed by atoms with Gasteiger partial charge in [0.05, 0.1) is 17.2 Å². The number of ether oxygens (including phenoxy) is 1. The van der Waals surface area contributed by atoms with Gasteiger partial charge in [0.2, 0.25) is 11.8 Å². The average molecular weight is 715 g/mol. The zero-order valence-electron chi connectivity index (χ0n) is 27.1. The predicted molar refractivity (Wildman–Crippen MR) is 187 cm³/mol. The summed E-state index contributed by atoms with van der Waals surface area (Å²) in [5, 5.41) is 3.51. The van der Waals surface area contributed by atoms with Crippen molar-refractivity contribution >= 4 is 50.7 Å². The van der Waals surface area contributed by atoms with Crippen LogP contribution < -0.4 is 14.4 Å². The van der Waals surface area contributed by atoms with Crippen molar-refractivity contribution in [3.8, 4) is 5.75 Å². The molecule has 0 fully saturated rings. The fraction of sp³-hybridized carbons (Fsp3) is 0.278. The minimum absolute atomic E-state index is 0.0492. The van der Waals surface area contributed by atoms with Crippen molar-refractivity contribution in [2.45, 2.75) is 57.1 Å². The lowest BCUT2D eigenvalue weighted by Gasteiger charge is -2.35. The van der Waals surface area contributed by atoms with Crippen molar-refractivity contribution in [3.63, 3.8) is 0 Å². The monoisotopic (exact) mass is 713 g/mol. The number of rotatable bonds is 13. The van der Waals surface area contributed by atoms with E-state index < -0.39 is 45.8 Å². The van der Waals surface area contributed by atoms with Crippen molar-refractivity contribution < 1.29 is 27.1 Å². The minimum Gasteiger partial charge on any atom is -0.494 e. The first-order valence-corrected chi connectivity index (χ1v) is 17.5. The molecule has 0 aromatic heterocycles. The molecule has 0 aliphatic heterocycles. The molecule has 0 heterocycles. The van der Waals surface area contributed by atoms with Gasteiger partial charge in [-0.25, -0.2) is 12.8 Å². The number of hydrogen-bond donors (Lipinski definition) is 1. The molecule has 4 aromatic carbocycles. The summed E-state index contributed by atoms with van der Waals surface area (Å²) in [6, 6.07) is 23.5. The van der Waals surface area contributed by atoms with Crippen LogP contribution in [0.3, 0.4) is 0 Å². The zero-order chi connectivity index (χ0) is 35.1. The van der Waals surface area contributed by atoms with E-state index in [9.17, 15) is 22.4 Å². The number of nitrogens with zero attached hydrogens (tertiary/aromatic N) is 2. The summed E-state index contributed by atoms with van der Waals surface area (Å²) < 4.78 is 48.8. The summed E-state index contributed by atoms with van der Waals surface area (Å²) in [5.74, 6) is -1.28. The second-order valence-electron chi connectivity index (χ2n) is 12.1. The first-order chi connectivity index (χ1) is 22.7. The van der Waals surface area contributed by atoms with Gasteiger partial charge in [0.25, 0.3) is 10.0 Å². The second kappa shape index (κ2) is 15.9. The van der Waals surface area contributed by atoms with E-state index in [-0.39, 0.29) is 33.6 Å². The van der Waals surface area contributed by atoms with Gasteiger partial charge in [-0.05, 0) is 93.9 Å². The van der Waals surface area contributed by atoms with Gasteiger partial charge in [0.1, 0.15) is 24.2 Å². The van der Waals surface area contributed by atoms with E-state index in [0.29, 0.717) is 17.9 Å². The van der Waals surface area contributed by atoms with Crippen molar-refractivity contribution in [2.24, 2.45) is 0 Å². The van der Waals surface area contributed by atoms with Gasteiger partial charge in [0.15, 0.2) is 0 Å². The van der Waals surface area contributed by atoms with Crippen molar-refractivity contribution in [1.29, 1.82) is 0 Å². The number of carbonyl (C=O) groups excluding carboxylic acids is 2. The Kier molecular flexibility index (Phi) is 12.1. The number of halogens is 3. The van der Waals surface area contributed by atoms with Gasteiger partial charge in [-0.1, -0.05) is 59.6 Å². The van der Waals surface area contributed by atoms with Crippen molar-refractivity contribution in [1.82, 2.24) is 10.2 Å². The van der Waals surface area contributed by atoms with Gasteiger partial charge in [-0.2, -0.15) is 0 Å². The maximum absolute atomic E-state index is 14.6. The number of anilines is 1. The van der Waals surface area contributed by atoms with Crippen molar-refractivity contribution in [2.75, 3.05) is 17.5 Å². The van der Waals surface area contributed by atoms with Gasteiger partial charge in [-0.15, -0.1) is 0 Å². The Balaban J connectivity index is 1.84. The summed E-state index contributed by atoms with van der Waals surface area (Å²) in [6.45, 7) is 6.73. The van der Waals surface area contributed by atoms with Crippen LogP contribution in [0.1, 0.15) is 38.8 Å². The van der Waals surface area contributed by atoms with Gasteiger partial charge in [0, 0.05) is 34.1 Å².